The molecule has 1 amide bonds. The normalized spacial score (nSPS) is 10.6. The predicted molar refractivity (Wildman–Crippen MR) is 85.0 cm³/mol. The highest BCUT2D eigenvalue weighted by atomic mass is 32.1. The van der Waals surface area contributed by atoms with Crippen LogP contribution in [0.2, 0.25) is 0 Å². The second-order valence-corrected chi connectivity index (χ2v) is 5.79. The van der Waals surface area contributed by atoms with Crippen molar-refractivity contribution in [2.45, 2.75) is 19.9 Å². The zero-order chi connectivity index (χ0) is 15.4. The van der Waals surface area contributed by atoms with Gasteiger partial charge >= 0.3 is 0 Å². The van der Waals surface area contributed by atoms with E-state index in [9.17, 15) is 4.79 Å². The van der Waals surface area contributed by atoms with Gasteiger partial charge < -0.3 is 5.32 Å². The molecular formula is C15H15N5OS. The minimum Gasteiger partial charge on any atom is -0.321 e. The summed E-state index contributed by atoms with van der Waals surface area (Å²) in [6, 6.07) is 7.67. The van der Waals surface area contributed by atoms with E-state index in [1.54, 1.807) is 17.2 Å². The Morgan fingerprint density at radius 2 is 2.23 bits per heavy atom. The van der Waals surface area contributed by atoms with Crippen LogP contribution in [0.15, 0.2) is 43.1 Å². The van der Waals surface area contributed by atoms with Gasteiger partial charge in [0.1, 0.15) is 17.5 Å². The minimum atomic E-state index is -0.136. The minimum absolute atomic E-state index is 0.136. The van der Waals surface area contributed by atoms with E-state index in [1.807, 2.05) is 31.2 Å². The van der Waals surface area contributed by atoms with Crippen LogP contribution >= 0.6 is 11.3 Å². The molecule has 7 heteroatoms. The Morgan fingerprint density at radius 3 is 2.95 bits per heavy atom. The fourth-order valence-electron chi connectivity index (χ4n) is 2.03. The van der Waals surface area contributed by atoms with Crippen LogP contribution in [0.5, 0.6) is 0 Å². The molecule has 112 valence electrons. The van der Waals surface area contributed by atoms with Gasteiger partial charge in [-0.3, -0.25) is 4.79 Å². The van der Waals surface area contributed by atoms with Gasteiger partial charge in [-0.15, -0.1) is 11.3 Å². The maximum absolute atomic E-state index is 12.3. The molecule has 0 fully saturated rings. The number of aryl methyl sites for hydroxylation is 1. The molecule has 0 radical (unpaired) electrons. The number of anilines is 1. The lowest BCUT2D eigenvalue weighted by Gasteiger charge is -2.10. The molecule has 0 saturated heterocycles. The van der Waals surface area contributed by atoms with Crippen LogP contribution in [-0.4, -0.2) is 25.7 Å². The molecule has 2 heterocycles. The summed E-state index contributed by atoms with van der Waals surface area (Å²) in [7, 11) is 0. The van der Waals surface area contributed by atoms with E-state index in [1.165, 1.54) is 17.7 Å². The van der Waals surface area contributed by atoms with Crippen molar-refractivity contribution >= 4 is 22.9 Å². The lowest BCUT2D eigenvalue weighted by atomic mass is 10.1. The van der Waals surface area contributed by atoms with E-state index in [4.69, 9.17) is 0 Å². The molecule has 2 aromatic heterocycles. The number of para-hydroxylation sites is 1. The fraction of sp³-hybridized carbons (Fsp3) is 0.200. The summed E-state index contributed by atoms with van der Waals surface area (Å²) < 4.78 is 1.72. The highest BCUT2D eigenvalue weighted by Crippen LogP contribution is 2.19. The van der Waals surface area contributed by atoms with E-state index in [0.29, 0.717) is 11.4 Å². The largest absolute Gasteiger partial charge is 0.321 e. The number of carbonyl (C=O) groups excluding carboxylic acids is 1. The molecule has 1 aromatic carbocycles. The van der Waals surface area contributed by atoms with E-state index in [0.717, 1.165) is 22.7 Å². The van der Waals surface area contributed by atoms with Crippen LogP contribution in [-0.2, 0) is 13.0 Å². The first-order valence-electron chi connectivity index (χ1n) is 6.92. The smallest absolute Gasteiger partial charge is 0.267 e. The second kappa shape index (κ2) is 6.48. The van der Waals surface area contributed by atoms with Crippen LogP contribution in [0.1, 0.15) is 27.2 Å². The molecule has 0 aliphatic carbocycles. The maximum atomic E-state index is 12.3. The van der Waals surface area contributed by atoms with Gasteiger partial charge in [-0.2, -0.15) is 5.10 Å². The summed E-state index contributed by atoms with van der Waals surface area (Å²) >= 11 is 1.42. The first-order chi connectivity index (χ1) is 10.8. The van der Waals surface area contributed by atoms with Crippen LogP contribution in [0.25, 0.3) is 0 Å². The average molecular weight is 313 g/mol. The van der Waals surface area contributed by atoms with Gasteiger partial charge in [0.05, 0.1) is 17.7 Å². The molecule has 3 aromatic rings. The van der Waals surface area contributed by atoms with Gasteiger partial charge in [-0.05, 0) is 18.1 Å². The zero-order valence-corrected chi connectivity index (χ0v) is 12.9. The molecule has 0 spiro atoms. The number of nitrogens with zero attached hydrogens (tertiary/aromatic N) is 4. The summed E-state index contributed by atoms with van der Waals surface area (Å²) in [4.78, 5) is 21.1. The number of nitrogens with one attached hydrogen (secondary N) is 1. The molecule has 0 aliphatic rings. The second-order valence-electron chi connectivity index (χ2n) is 4.68. The lowest BCUT2D eigenvalue weighted by molar-refractivity contribution is 0.103. The summed E-state index contributed by atoms with van der Waals surface area (Å²) in [5, 5.41) is 8.00. The van der Waals surface area contributed by atoms with E-state index < -0.39 is 0 Å². The summed E-state index contributed by atoms with van der Waals surface area (Å²) in [5.41, 5.74) is 1.75. The number of amides is 1. The Morgan fingerprint density at radius 1 is 1.36 bits per heavy atom. The first-order valence-corrected chi connectivity index (χ1v) is 7.74. The molecule has 0 atom stereocenters. The van der Waals surface area contributed by atoms with Gasteiger partial charge in [-0.25, -0.2) is 14.6 Å². The molecular weight excluding hydrogens is 298 g/mol. The Kier molecular flexibility index (Phi) is 4.24. The van der Waals surface area contributed by atoms with E-state index >= 15 is 0 Å². The van der Waals surface area contributed by atoms with E-state index in [-0.39, 0.29) is 5.91 Å². The van der Waals surface area contributed by atoms with Crippen LogP contribution < -0.4 is 5.32 Å². The third kappa shape index (κ3) is 3.20. The molecule has 0 bridgehead atoms. The molecule has 1 N–H and O–H groups in total. The summed E-state index contributed by atoms with van der Waals surface area (Å²) in [6.45, 7) is 2.58. The van der Waals surface area contributed by atoms with Crippen molar-refractivity contribution in [3.63, 3.8) is 0 Å². The number of aromatic nitrogens is 4. The lowest BCUT2D eigenvalue weighted by Crippen LogP contribution is -2.13. The first kappa shape index (κ1) is 14.4. The molecule has 3 rings (SSSR count). The third-order valence-electron chi connectivity index (χ3n) is 3.14. The highest BCUT2D eigenvalue weighted by molar-refractivity contribution is 7.13. The molecule has 0 unspecified atom stereocenters. The van der Waals surface area contributed by atoms with Crippen molar-refractivity contribution < 1.29 is 4.79 Å². The Bertz CT molecular complexity index is 766. The Balaban J connectivity index is 1.78. The van der Waals surface area contributed by atoms with Crippen LogP contribution in [0.4, 0.5) is 5.69 Å². The highest BCUT2D eigenvalue weighted by Gasteiger charge is 2.12. The Hall–Kier alpha value is -2.54. The monoisotopic (exact) mass is 313 g/mol. The van der Waals surface area contributed by atoms with Crippen molar-refractivity contribution in [2.24, 2.45) is 0 Å². The van der Waals surface area contributed by atoms with Gasteiger partial charge in [0, 0.05) is 5.69 Å². The van der Waals surface area contributed by atoms with Crippen LogP contribution in [0.3, 0.4) is 0 Å². The zero-order valence-electron chi connectivity index (χ0n) is 12.1. The van der Waals surface area contributed by atoms with E-state index in [2.05, 4.69) is 20.4 Å². The average Bonchev–Trinajstić information content (AvgIpc) is 3.20. The van der Waals surface area contributed by atoms with Crippen LogP contribution in [0, 0.1) is 0 Å². The standard InChI is InChI=1S/C15H15N5OS/c1-2-14-17-7-13(22-14)15(21)19-12-6-4-3-5-11(12)8-20-10-16-9-18-20/h3-7,9-10H,2,8H2,1H3,(H,19,21). The molecule has 6 nitrogen and oxygen atoms in total. The van der Waals surface area contributed by atoms with Crippen molar-refractivity contribution in [1.29, 1.82) is 0 Å². The number of thiazole rings is 1. The number of benzene rings is 1. The SMILES string of the molecule is CCc1ncc(C(=O)Nc2ccccc2Cn2cncn2)s1. The number of hydrogen-bond donors (Lipinski definition) is 1. The molecule has 0 aliphatic heterocycles. The summed E-state index contributed by atoms with van der Waals surface area (Å²) in [6.07, 6.45) is 5.60. The topological polar surface area (TPSA) is 72.7 Å². The van der Waals surface area contributed by atoms with Gasteiger partial charge in [0.2, 0.25) is 0 Å². The predicted octanol–water partition coefficient (Wildman–Crippen LogP) is 2.60. The number of hydrogen-bond acceptors (Lipinski definition) is 5. The van der Waals surface area contributed by atoms with Gasteiger partial charge in [-0.1, -0.05) is 25.1 Å². The van der Waals surface area contributed by atoms with Gasteiger partial charge in [0.25, 0.3) is 5.91 Å². The molecule has 0 saturated carbocycles. The summed E-state index contributed by atoms with van der Waals surface area (Å²) in [5.74, 6) is -0.136. The van der Waals surface area contributed by atoms with Crippen molar-refractivity contribution in [3.05, 3.63) is 58.6 Å². The quantitative estimate of drug-likeness (QED) is 0.786. The fourth-order valence-corrected chi connectivity index (χ4v) is 2.78. The van der Waals surface area contributed by atoms with Crippen molar-refractivity contribution in [3.8, 4) is 0 Å². The number of carbonyl (C=O) groups is 1. The number of rotatable bonds is 5. The maximum Gasteiger partial charge on any atom is 0.267 e. The van der Waals surface area contributed by atoms with Crippen molar-refractivity contribution in [1.82, 2.24) is 19.7 Å². The Labute approximate surface area is 131 Å². The van der Waals surface area contributed by atoms with Gasteiger partial charge in [0.15, 0.2) is 0 Å². The molecule has 22 heavy (non-hydrogen) atoms. The van der Waals surface area contributed by atoms with Crippen molar-refractivity contribution in [2.75, 3.05) is 5.32 Å². The third-order valence-corrected chi connectivity index (χ3v) is 4.28.